The van der Waals surface area contributed by atoms with Crippen LogP contribution in [0.4, 0.5) is 0 Å². The highest BCUT2D eigenvalue weighted by molar-refractivity contribution is 5.57. The van der Waals surface area contributed by atoms with Crippen LogP contribution < -0.4 is 0 Å². The first-order valence-electron chi connectivity index (χ1n) is 5.52. The van der Waals surface area contributed by atoms with Crippen LogP contribution in [0.15, 0.2) is 22.7 Å². The molecule has 2 aromatic rings. The van der Waals surface area contributed by atoms with E-state index in [0.29, 0.717) is 11.7 Å². The maximum atomic E-state index is 9.64. The minimum Gasteiger partial charge on any atom is -0.508 e. The minimum atomic E-state index is -0.144. The van der Waals surface area contributed by atoms with E-state index in [1.165, 1.54) is 0 Å². The molecule has 1 N–H and O–H groups in total. The second-order valence-electron chi connectivity index (χ2n) is 5.17. The molecule has 0 spiro atoms. The summed E-state index contributed by atoms with van der Waals surface area (Å²) in [6.07, 6.45) is 0. The van der Waals surface area contributed by atoms with Crippen molar-refractivity contribution in [2.45, 2.75) is 33.1 Å². The smallest absolute Gasteiger partial charge is 0.258 e. The quantitative estimate of drug-likeness (QED) is 0.821. The minimum absolute atomic E-state index is 0.144. The van der Waals surface area contributed by atoms with E-state index in [0.717, 1.165) is 11.1 Å². The number of phenolic OH excluding ortho intramolecular Hbond substituents is 1. The van der Waals surface area contributed by atoms with Crippen LogP contribution in [0.2, 0.25) is 0 Å². The highest BCUT2D eigenvalue weighted by atomic mass is 16.5. The van der Waals surface area contributed by atoms with Crippen LogP contribution in [0.25, 0.3) is 11.5 Å². The monoisotopic (exact) mass is 232 g/mol. The van der Waals surface area contributed by atoms with Gasteiger partial charge in [-0.3, -0.25) is 0 Å². The van der Waals surface area contributed by atoms with Gasteiger partial charge in [0, 0.05) is 11.0 Å². The van der Waals surface area contributed by atoms with E-state index in [4.69, 9.17) is 4.52 Å². The lowest BCUT2D eigenvalue weighted by atomic mass is 9.96. The van der Waals surface area contributed by atoms with E-state index in [-0.39, 0.29) is 11.2 Å². The molecule has 4 nitrogen and oxygen atoms in total. The number of aromatic nitrogens is 2. The molecule has 0 fully saturated rings. The lowest BCUT2D eigenvalue weighted by Crippen LogP contribution is -2.13. The zero-order valence-corrected chi connectivity index (χ0v) is 10.5. The van der Waals surface area contributed by atoms with Crippen LogP contribution in [0.1, 0.15) is 32.2 Å². The molecule has 0 amide bonds. The first-order valence-corrected chi connectivity index (χ1v) is 5.52. The fourth-order valence-corrected chi connectivity index (χ4v) is 1.39. The molecule has 1 heterocycles. The van der Waals surface area contributed by atoms with Crippen molar-refractivity contribution in [2.24, 2.45) is 0 Å². The zero-order valence-electron chi connectivity index (χ0n) is 10.5. The van der Waals surface area contributed by atoms with Gasteiger partial charge in [-0.2, -0.15) is 4.98 Å². The van der Waals surface area contributed by atoms with Crippen molar-refractivity contribution in [2.75, 3.05) is 0 Å². The molecule has 0 atom stereocenters. The number of hydrogen-bond donors (Lipinski definition) is 1. The summed E-state index contributed by atoms with van der Waals surface area (Å²) in [6, 6.07) is 5.32. The van der Waals surface area contributed by atoms with Gasteiger partial charge in [0.25, 0.3) is 5.89 Å². The topological polar surface area (TPSA) is 59.2 Å². The normalized spacial score (nSPS) is 11.8. The number of aromatic hydroxyl groups is 1. The summed E-state index contributed by atoms with van der Waals surface area (Å²) in [5.41, 5.74) is 1.41. The maximum Gasteiger partial charge on any atom is 0.258 e. The number of rotatable bonds is 1. The summed E-state index contributed by atoms with van der Waals surface area (Å²) < 4.78 is 5.20. The third-order valence-corrected chi connectivity index (χ3v) is 2.55. The van der Waals surface area contributed by atoms with E-state index in [1.807, 2.05) is 39.8 Å². The van der Waals surface area contributed by atoms with Crippen LogP contribution in [-0.4, -0.2) is 15.2 Å². The van der Waals surface area contributed by atoms with Gasteiger partial charge in [-0.25, -0.2) is 0 Å². The SMILES string of the molecule is Cc1ccc(-c2nc(C(C)(C)C)no2)cc1O. The molecular formula is C13H16N2O2. The second kappa shape index (κ2) is 3.87. The van der Waals surface area contributed by atoms with Crippen LogP contribution in [0.5, 0.6) is 5.75 Å². The molecule has 0 radical (unpaired) electrons. The van der Waals surface area contributed by atoms with Crippen LogP contribution in [0.3, 0.4) is 0 Å². The molecule has 0 saturated carbocycles. The average molecular weight is 232 g/mol. The molecule has 0 bridgehead atoms. The fraction of sp³-hybridized carbons (Fsp3) is 0.385. The Morgan fingerprint density at radius 1 is 1.24 bits per heavy atom. The van der Waals surface area contributed by atoms with Gasteiger partial charge in [0.15, 0.2) is 5.82 Å². The number of hydrogen-bond acceptors (Lipinski definition) is 4. The molecule has 17 heavy (non-hydrogen) atoms. The van der Waals surface area contributed by atoms with E-state index in [2.05, 4.69) is 10.1 Å². The van der Waals surface area contributed by atoms with Crippen molar-refractivity contribution in [3.05, 3.63) is 29.6 Å². The molecule has 0 aliphatic heterocycles. The maximum absolute atomic E-state index is 9.64. The molecule has 0 aliphatic carbocycles. The van der Waals surface area contributed by atoms with Gasteiger partial charge < -0.3 is 9.63 Å². The van der Waals surface area contributed by atoms with Crippen molar-refractivity contribution in [3.63, 3.8) is 0 Å². The van der Waals surface area contributed by atoms with Crippen molar-refractivity contribution in [1.82, 2.24) is 10.1 Å². The molecule has 1 aromatic heterocycles. The van der Waals surface area contributed by atoms with Gasteiger partial charge in [-0.15, -0.1) is 0 Å². The molecule has 0 aliphatic rings. The van der Waals surface area contributed by atoms with Crippen molar-refractivity contribution in [3.8, 4) is 17.2 Å². The Bertz CT molecular complexity index is 539. The molecule has 0 unspecified atom stereocenters. The summed E-state index contributed by atoms with van der Waals surface area (Å²) in [7, 11) is 0. The summed E-state index contributed by atoms with van der Waals surface area (Å²) in [4.78, 5) is 4.33. The van der Waals surface area contributed by atoms with Crippen LogP contribution in [-0.2, 0) is 5.41 Å². The fourth-order valence-electron chi connectivity index (χ4n) is 1.39. The predicted octanol–water partition coefficient (Wildman–Crippen LogP) is 3.05. The highest BCUT2D eigenvalue weighted by Gasteiger charge is 2.21. The van der Waals surface area contributed by atoms with Gasteiger partial charge in [-0.05, 0) is 24.6 Å². The number of nitrogens with zero attached hydrogens (tertiary/aromatic N) is 2. The summed E-state index contributed by atoms with van der Waals surface area (Å²) in [5.74, 6) is 1.33. The molecule has 4 heteroatoms. The average Bonchev–Trinajstić information content (AvgIpc) is 2.70. The molecule has 2 rings (SSSR count). The van der Waals surface area contributed by atoms with Crippen molar-refractivity contribution < 1.29 is 9.63 Å². The Labute approximate surface area is 100 Å². The molecule has 90 valence electrons. The number of aryl methyl sites for hydroxylation is 1. The summed E-state index contributed by atoms with van der Waals surface area (Å²) in [6.45, 7) is 7.91. The third-order valence-electron chi connectivity index (χ3n) is 2.55. The van der Waals surface area contributed by atoms with E-state index >= 15 is 0 Å². The van der Waals surface area contributed by atoms with E-state index in [1.54, 1.807) is 6.07 Å². The Morgan fingerprint density at radius 3 is 2.47 bits per heavy atom. The van der Waals surface area contributed by atoms with E-state index < -0.39 is 0 Å². The summed E-state index contributed by atoms with van der Waals surface area (Å²) in [5, 5.41) is 13.6. The molecule has 1 aromatic carbocycles. The van der Waals surface area contributed by atoms with Gasteiger partial charge >= 0.3 is 0 Å². The number of phenols is 1. The Kier molecular flexibility index (Phi) is 2.65. The predicted molar refractivity (Wildman–Crippen MR) is 64.8 cm³/mol. The molecule has 0 saturated heterocycles. The van der Waals surface area contributed by atoms with Gasteiger partial charge in [0.05, 0.1) is 0 Å². The van der Waals surface area contributed by atoms with Gasteiger partial charge in [-0.1, -0.05) is 32.0 Å². The first kappa shape index (κ1) is 11.6. The Morgan fingerprint density at radius 2 is 1.94 bits per heavy atom. The van der Waals surface area contributed by atoms with Crippen molar-refractivity contribution in [1.29, 1.82) is 0 Å². The van der Waals surface area contributed by atoms with Crippen LogP contribution in [0, 0.1) is 6.92 Å². The zero-order chi connectivity index (χ0) is 12.6. The Balaban J connectivity index is 2.40. The number of benzene rings is 1. The highest BCUT2D eigenvalue weighted by Crippen LogP contribution is 2.27. The second-order valence-corrected chi connectivity index (χ2v) is 5.17. The largest absolute Gasteiger partial charge is 0.508 e. The van der Waals surface area contributed by atoms with Crippen molar-refractivity contribution >= 4 is 0 Å². The Hall–Kier alpha value is -1.84. The summed E-state index contributed by atoms with van der Waals surface area (Å²) >= 11 is 0. The first-order chi connectivity index (χ1) is 7.88. The van der Waals surface area contributed by atoms with Crippen LogP contribution >= 0.6 is 0 Å². The standard InChI is InChI=1S/C13H16N2O2/c1-8-5-6-9(7-10(8)16)11-14-12(15-17-11)13(2,3)4/h5-7,16H,1-4H3. The van der Waals surface area contributed by atoms with Gasteiger partial charge in [0.1, 0.15) is 5.75 Å². The van der Waals surface area contributed by atoms with E-state index in [9.17, 15) is 5.11 Å². The lowest BCUT2D eigenvalue weighted by Gasteiger charge is -2.10. The lowest BCUT2D eigenvalue weighted by molar-refractivity contribution is 0.402. The third kappa shape index (κ3) is 2.30. The molecular weight excluding hydrogens is 216 g/mol. The van der Waals surface area contributed by atoms with Gasteiger partial charge in [0.2, 0.25) is 0 Å².